The Balaban J connectivity index is 2.22. The highest BCUT2D eigenvalue weighted by molar-refractivity contribution is 6.12. The normalized spacial score (nSPS) is 10.2. The number of carbonyl (C=O) groups is 1. The van der Waals surface area contributed by atoms with Gasteiger partial charge in [-0.05, 0) is 18.6 Å². The van der Waals surface area contributed by atoms with E-state index in [1.807, 2.05) is 54.6 Å². The number of anilines is 1. The first-order chi connectivity index (χ1) is 9.33. The zero-order chi connectivity index (χ0) is 13.5. The molecule has 0 amide bonds. The molecule has 2 aromatic carbocycles. The molecule has 2 heteroatoms. The fraction of sp³-hybridized carbons (Fsp3) is 0.235. The molecule has 1 N–H and O–H groups in total. The van der Waals surface area contributed by atoms with E-state index in [0.29, 0.717) is 0 Å². The number of hydrogen-bond donors (Lipinski definition) is 1. The Morgan fingerprint density at radius 3 is 2.42 bits per heavy atom. The van der Waals surface area contributed by atoms with Crippen molar-refractivity contribution in [3.8, 4) is 0 Å². The van der Waals surface area contributed by atoms with Crippen LogP contribution in [-0.4, -0.2) is 12.3 Å². The van der Waals surface area contributed by atoms with Crippen molar-refractivity contribution < 1.29 is 4.79 Å². The minimum Gasteiger partial charge on any atom is -0.384 e. The van der Waals surface area contributed by atoms with Crippen molar-refractivity contribution in [3.63, 3.8) is 0 Å². The number of unbranched alkanes of at least 4 members (excludes halogenated alkanes) is 1. The maximum atomic E-state index is 12.5. The maximum absolute atomic E-state index is 12.5. The molecule has 0 heterocycles. The first-order valence-electron chi connectivity index (χ1n) is 6.75. The van der Waals surface area contributed by atoms with Crippen LogP contribution in [-0.2, 0) is 0 Å². The van der Waals surface area contributed by atoms with E-state index in [1.54, 1.807) is 0 Å². The first-order valence-corrected chi connectivity index (χ1v) is 6.75. The van der Waals surface area contributed by atoms with Gasteiger partial charge in [-0.1, -0.05) is 55.8 Å². The molecule has 0 radical (unpaired) electrons. The van der Waals surface area contributed by atoms with Crippen LogP contribution in [0.5, 0.6) is 0 Å². The topological polar surface area (TPSA) is 29.1 Å². The third-order valence-corrected chi connectivity index (χ3v) is 3.05. The van der Waals surface area contributed by atoms with Crippen molar-refractivity contribution >= 4 is 11.5 Å². The van der Waals surface area contributed by atoms with E-state index in [2.05, 4.69) is 12.2 Å². The molecule has 2 rings (SSSR count). The quantitative estimate of drug-likeness (QED) is 0.619. The SMILES string of the molecule is CCCCNc1ccccc1C(=O)c1ccccc1. The van der Waals surface area contributed by atoms with E-state index in [0.717, 1.165) is 36.2 Å². The summed E-state index contributed by atoms with van der Waals surface area (Å²) < 4.78 is 0. The lowest BCUT2D eigenvalue weighted by Crippen LogP contribution is -2.08. The van der Waals surface area contributed by atoms with Gasteiger partial charge in [0.25, 0.3) is 0 Å². The van der Waals surface area contributed by atoms with Crippen LogP contribution in [0.1, 0.15) is 35.7 Å². The lowest BCUT2D eigenvalue weighted by Gasteiger charge is -2.10. The molecule has 0 unspecified atom stereocenters. The van der Waals surface area contributed by atoms with Gasteiger partial charge in [-0.25, -0.2) is 0 Å². The molecule has 0 aromatic heterocycles. The number of benzene rings is 2. The lowest BCUT2D eigenvalue weighted by molar-refractivity contribution is 0.103. The number of nitrogens with one attached hydrogen (secondary N) is 1. The van der Waals surface area contributed by atoms with Crippen LogP contribution in [0.2, 0.25) is 0 Å². The van der Waals surface area contributed by atoms with Crippen molar-refractivity contribution in [2.45, 2.75) is 19.8 Å². The summed E-state index contributed by atoms with van der Waals surface area (Å²) in [6.45, 7) is 3.05. The predicted molar refractivity (Wildman–Crippen MR) is 79.7 cm³/mol. The average molecular weight is 253 g/mol. The summed E-state index contributed by atoms with van der Waals surface area (Å²) in [5, 5.41) is 3.34. The zero-order valence-corrected chi connectivity index (χ0v) is 11.2. The Hall–Kier alpha value is -2.09. The fourth-order valence-electron chi connectivity index (χ4n) is 1.98. The molecule has 0 bridgehead atoms. The second-order valence-electron chi connectivity index (χ2n) is 4.52. The van der Waals surface area contributed by atoms with Gasteiger partial charge in [0, 0.05) is 23.4 Å². The summed E-state index contributed by atoms with van der Waals surface area (Å²) in [7, 11) is 0. The Labute approximate surface area is 114 Å². The predicted octanol–water partition coefficient (Wildman–Crippen LogP) is 4.13. The van der Waals surface area contributed by atoms with E-state index < -0.39 is 0 Å². The molecule has 0 saturated carbocycles. The van der Waals surface area contributed by atoms with Crippen molar-refractivity contribution in [3.05, 3.63) is 65.7 Å². The minimum atomic E-state index is 0.0696. The highest BCUT2D eigenvalue weighted by Crippen LogP contribution is 2.19. The molecule has 19 heavy (non-hydrogen) atoms. The van der Waals surface area contributed by atoms with Gasteiger partial charge in [-0.2, -0.15) is 0 Å². The summed E-state index contributed by atoms with van der Waals surface area (Å²) >= 11 is 0. The number of carbonyl (C=O) groups excluding carboxylic acids is 1. The molecular weight excluding hydrogens is 234 g/mol. The van der Waals surface area contributed by atoms with Gasteiger partial charge in [0.2, 0.25) is 0 Å². The van der Waals surface area contributed by atoms with Gasteiger partial charge in [0.15, 0.2) is 5.78 Å². The van der Waals surface area contributed by atoms with Crippen LogP contribution in [0.25, 0.3) is 0 Å². The molecule has 98 valence electrons. The maximum Gasteiger partial charge on any atom is 0.195 e. The van der Waals surface area contributed by atoms with Crippen LogP contribution in [0, 0.1) is 0 Å². The van der Waals surface area contributed by atoms with E-state index in [-0.39, 0.29) is 5.78 Å². The van der Waals surface area contributed by atoms with Gasteiger partial charge in [0.1, 0.15) is 0 Å². The van der Waals surface area contributed by atoms with Gasteiger partial charge >= 0.3 is 0 Å². The summed E-state index contributed by atoms with van der Waals surface area (Å²) in [6.07, 6.45) is 2.25. The average Bonchev–Trinajstić information content (AvgIpc) is 2.48. The molecular formula is C17H19NO. The highest BCUT2D eigenvalue weighted by Gasteiger charge is 2.12. The molecule has 0 fully saturated rings. The fourth-order valence-corrected chi connectivity index (χ4v) is 1.98. The molecule has 0 aliphatic rings. The van der Waals surface area contributed by atoms with E-state index >= 15 is 0 Å². The third kappa shape index (κ3) is 3.44. The summed E-state index contributed by atoms with van der Waals surface area (Å²) in [6, 6.07) is 17.1. The first kappa shape index (κ1) is 13.3. The molecule has 0 spiro atoms. The van der Waals surface area contributed by atoms with Crippen molar-refractivity contribution in [2.24, 2.45) is 0 Å². The molecule has 0 aliphatic carbocycles. The second-order valence-corrected chi connectivity index (χ2v) is 4.52. The van der Waals surface area contributed by atoms with Crippen LogP contribution in [0.3, 0.4) is 0 Å². The molecule has 0 atom stereocenters. The van der Waals surface area contributed by atoms with Crippen LogP contribution < -0.4 is 5.32 Å². The summed E-state index contributed by atoms with van der Waals surface area (Å²) in [4.78, 5) is 12.5. The molecule has 2 nitrogen and oxygen atoms in total. The standard InChI is InChI=1S/C17H19NO/c1-2-3-13-18-16-12-8-7-11-15(16)17(19)14-9-5-4-6-10-14/h4-12,18H,2-3,13H2,1H3. The number of hydrogen-bond acceptors (Lipinski definition) is 2. The lowest BCUT2D eigenvalue weighted by atomic mass is 10.0. The molecule has 0 saturated heterocycles. The monoisotopic (exact) mass is 253 g/mol. The Morgan fingerprint density at radius 2 is 1.68 bits per heavy atom. The van der Waals surface area contributed by atoms with E-state index in [9.17, 15) is 4.79 Å². The summed E-state index contributed by atoms with van der Waals surface area (Å²) in [5.41, 5.74) is 2.39. The van der Waals surface area contributed by atoms with E-state index in [1.165, 1.54) is 0 Å². The number of rotatable bonds is 6. The van der Waals surface area contributed by atoms with Gasteiger partial charge in [-0.3, -0.25) is 4.79 Å². The largest absolute Gasteiger partial charge is 0.384 e. The van der Waals surface area contributed by atoms with E-state index in [4.69, 9.17) is 0 Å². The van der Waals surface area contributed by atoms with Crippen molar-refractivity contribution in [2.75, 3.05) is 11.9 Å². The van der Waals surface area contributed by atoms with Crippen molar-refractivity contribution in [1.82, 2.24) is 0 Å². The van der Waals surface area contributed by atoms with Crippen LogP contribution in [0.15, 0.2) is 54.6 Å². The summed E-state index contributed by atoms with van der Waals surface area (Å²) in [5.74, 6) is 0.0696. The third-order valence-electron chi connectivity index (χ3n) is 3.05. The number of ketones is 1. The Bertz CT molecular complexity index is 534. The zero-order valence-electron chi connectivity index (χ0n) is 11.2. The Morgan fingerprint density at radius 1 is 1.00 bits per heavy atom. The number of para-hydroxylation sites is 1. The van der Waals surface area contributed by atoms with Gasteiger partial charge in [-0.15, -0.1) is 0 Å². The molecule has 0 aliphatic heterocycles. The minimum absolute atomic E-state index is 0.0696. The second kappa shape index (κ2) is 6.74. The molecule has 2 aromatic rings. The Kier molecular flexibility index (Phi) is 4.73. The van der Waals surface area contributed by atoms with Crippen LogP contribution >= 0.6 is 0 Å². The van der Waals surface area contributed by atoms with Gasteiger partial charge < -0.3 is 5.32 Å². The van der Waals surface area contributed by atoms with Crippen molar-refractivity contribution in [1.29, 1.82) is 0 Å². The smallest absolute Gasteiger partial charge is 0.195 e. The van der Waals surface area contributed by atoms with Gasteiger partial charge in [0.05, 0.1) is 0 Å². The highest BCUT2D eigenvalue weighted by atomic mass is 16.1. The van der Waals surface area contributed by atoms with Crippen LogP contribution in [0.4, 0.5) is 5.69 Å².